The van der Waals surface area contributed by atoms with Gasteiger partial charge >= 0.3 is 0 Å². The van der Waals surface area contributed by atoms with Crippen LogP contribution in [0.1, 0.15) is 17.0 Å². The van der Waals surface area contributed by atoms with Gasteiger partial charge in [-0.1, -0.05) is 15.9 Å². The molecular formula is C14H13BrN2OS. The SMILES string of the molecule is COc1ccc(Br)cc1-c1nc(C)c(CCC#N)s1. The summed E-state index contributed by atoms with van der Waals surface area (Å²) in [5.41, 5.74) is 1.98. The van der Waals surface area contributed by atoms with Crippen LogP contribution in [-0.2, 0) is 6.42 Å². The van der Waals surface area contributed by atoms with Crippen LogP contribution in [0.5, 0.6) is 5.75 Å². The Morgan fingerprint density at radius 3 is 2.95 bits per heavy atom. The van der Waals surface area contributed by atoms with Crippen LogP contribution in [0.15, 0.2) is 22.7 Å². The number of nitriles is 1. The lowest BCUT2D eigenvalue weighted by atomic mass is 10.2. The van der Waals surface area contributed by atoms with Gasteiger partial charge < -0.3 is 4.74 Å². The average molecular weight is 337 g/mol. The van der Waals surface area contributed by atoms with Crippen molar-refractivity contribution >= 4 is 27.3 Å². The van der Waals surface area contributed by atoms with Crippen LogP contribution in [0.3, 0.4) is 0 Å². The molecule has 0 fully saturated rings. The Labute approximate surface area is 125 Å². The summed E-state index contributed by atoms with van der Waals surface area (Å²) < 4.78 is 6.37. The van der Waals surface area contributed by atoms with Crippen molar-refractivity contribution in [1.29, 1.82) is 5.26 Å². The molecule has 2 aromatic rings. The second-order valence-electron chi connectivity index (χ2n) is 4.03. The second kappa shape index (κ2) is 6.18. The number of aryl methyl sites for hydroxylation is 2. The summed E-state index contributed by atoms with van der Waals surface area (Å²) in [6, 6.07) is 8.04. The maximum absolute atomic E-state index is 8.67. The largest absolute Gasteiger partial charge is 0.496 e. The van der Waals surface area contributed by atoms with Crippen LogP contribution in [0.4, 0.5) is 0 Å². The lowest BCUT2D eigenvalue weighted by Gasteiger charge is -2.06. The van der Waals surface area contributed by atoms with Gasteiger partial charge in [-0.3, -0.25) is 0 Å². The van der Waals surface area contributed by atoms with Gasteiger partial charge in [0.2, 0.25) is 0 Å². The minimum Gasteiger partial charge on any atom is -0.496 e. The Morgan fingerprint density at radius 1 is 1.47 bits per heavy atom. The van der Waals surface area contributed by atoms with Gasteiger partial charge in [-0.25, -0.2) is 4.98 Å². The first kappa shape index (κ1) is 14.0. The fraction of sp³-hybridized carbons (Fsp3) is 0.286. The Morgan fingerprint density at radius 2 is 2.26 bits per heavy atom. The maximum Gasteiger partial charge on any atom is 0.129 e. The normalized spacial score (nSPS) is 10.2. The van der Waals surface area contributed by atoms with E-state index in [0.29, 0.717) is 6.42 Å². The number of thiazole rings is 1. The van der Waals surface area contributed by atoms with E-state index in [2.05, 4.69) is 27.0 Å². The van der Waals surface area contributed by atoms with E-state index in [4.69, 9.17) is 10.00 Å². The van der Waals surface area contributed by atoms with Crippen molar-refractivity contribution in [3.8, 4) is 22.4 Å². The molecule has 0 spiro atoms. The third kappa shape index (κ3) is 3.14. The predicted octanol–water partition coefficient (Wildman–Crippen LogP) is 4.35. The van der Waals surface area contributed by atoms with E-state index in [1.54, 1.807) is 18.4 Å². The van der Waals surface area contributed by atoms with E-state index in [1.165, 1.54) is 4.88 Å². The minimum absolute atomic E-state index is 0.526. The number of nitrogens with zero attached hydrogens (tertiary/aromatic N) is 2. The number of hydrogen-bond acceptors (Lipinski definition) is 4. The van der Waals surface area contributed by atoms with E-state index in [-0.39, 0.29) is 0 Å². The molecule has 0 saturated carbocycles. The molecule has 0 aliphatic heterocycles. The van der Waals surface area contributed by atoms with Crippen molar-refractivity contribution in [3.05, 3.63) is 33.2 Å². The molecule has 0 aliphatic carbocycles. The maximum atomic E-state index is 8.67. The van der Waals surface area contributed by atoms with Gasteiger partial charge in [0.05, 0.1) is 24.4 Å². The topological polar surface area (TPSA) is 45.9 Å². The van der Waals surface area contributed by atoms with E-state index in [9.17, 15) is 0 Å². The van der Waals surface area contributed by atoms with Crippen molar-refractivity contribution in [1.82, 2.24) is 4.98 Å². The van der Waals surface area contributed by atoms with E-state index >= 15 is 0 Å². The molecule has 0 unspecified atom stereocenters. The molecule has 0 N–H and O–H groups in total. The lowest BCUT2D eigenvalue weighted by molar-refractivity contribution is 0.416. The molecule has 0 radical (unpaired) electrons. The Bertz CT molecular complexity index is 631. The van der Waals surface area contributed by atoms with Crippen molar-refractivity contribution < 1.29 is 4.74 Å². The molecule has 0 amide bonds. The number of rotatable bonds is 4. The van der Waals surface area contributed by atoms with Crippen LogP contribution >= 0.6 is 27.3 Å². The highest BCUT2D eigenvalue weighted by Crippen LogP contribution is 2.36. The Hall–Kier alpha value is -1.38. The smallest absolute Gasteiger partial charge is 0.129 e. The summed E-state index contributed by atoms with van der Waals surface area (Å²) in [6.45, 7) is 1.98. The van der Waals surface area contributed by atoms with Crippen LogP contribution in [0.2, 0.25) is 0 Å². The van der Waals surface area contributed by atoms with Crippen molar-refractivity contribution in [2.75, 3.05) is 7.11 Å². The molecule has 0 saturated heterocycles. The summed E-state index contributed by atoms with van der Waals surface area (Å²) in [7, 11) is 1.66. The molecule has 1 heterocycles. The minimum atomic E-state index is 0.526. The quantitative estimate of drug-likeness (QED) is 0.833. The number of hydrogen-bond donors (Lipinski definition) is 0. The highest BCUT2D eigenvalue weighted by molar-refractivity contribution is 9.10. The summed E-state index contributed by atoms with van der Waals surface area (Å²) in [5.74, 6) is 0.809. The van der Waals surface area contributed by atoms with Crippen molar-refractivity contribution in [2.24, 2.45) is 0 Å². The van der Waals surface area contributed by atoms with Crippen LogP contribution in [0, 0.1) is 18.3 Å². The van der Waals surface area contributed by atoms with Gasteiger partial charge in [0, 0.05) is 15.8 Å². The highest BCUT2D eigenvalue weighted by atomic mass is 79.9. The molecule has 0 atom stereocenters. The monoisotopic (exact) mass is 336 g/mol. The van der Waals surface area contributed by atoms with Crippen LogP contribution in [0.25, 0.3) is 10.6 Å². The molecule has 98 valence electrons. The Balaban J connectivity index is 2.42. The molecule has 3 nitrogen and oxygen atoms in total. The van der Waals surface area contributed by atoms with E-state index in [0.717, 1.165) is 32.9 Å². The predicted molar refractivity (Wildman–Crippen MR) is 80.5 cm³/mol. The van der Waals surface area contributed by atoms with E-state index < -0.39 is 0 Å². The number of methoxy groups -OCH3 is 1. The number of halogens is 1. The zero-order valence-electron chi connectivity index (χ0n) is 10.7. The van der Waals surface area contributed by atoms with E-state index in [1.807, 2.05) is 25.1 Å². The second-order valence-corrected chi connectivity index (χ2v) is 6.03. The molecule has 19 heavy (non-hydrogen) atoms. The van der Waals surface area contributed by atoms with Gasteiger partial charge in [-0.05, 0) is 31.5 Å². The molecular weight excluding hydrogens is 324 g/mol. The molecule has 0 aliphatic rings. The Kier molecular flexibility index (Phi) is 4.56. The fourth-order valence-corrected chi connectivity index (χ4v) is 3.24. The van der Waals surface area contributed by atoms with Gasteiger partial charge in [0.1, 0.15) is 10.8 Å². The molecule has 2 rings (SSSR count). The standard InChI is InChI=1S/C14H13BrN2OS/c1-9-13(4-3-7-16)19-14(17-9)11-8-10(15)5-6-12(11)18-2/h5-6,8H,3-4H2,1-2H3. The fourth-order valence-electron chi connectivity index (χ4n) is 1.79. The summed E-state index contributed by atoms with van der Waals surface area (Å²) in [5, 5.41) is 9.60. The zero-order chi connectivity index (χ0) is 13.8. The van der Waals surface area contributed by atoms with Crippen LogP contribution in [-0.4, -0.2) is 12.1 Å². The van der Waals surface area contributed by atoms with Gasteiger partial charge in [-0.2, -0.15) is 5.26 Å². The van der Waals surface area contributed by atoms with Crippen molar-refractivity contribution in [2.45, 2.75) is 19.8 Å². The molecule has 5 heteroatoms. The average Bonchev–Trinajstić information content (AvgIpc) is 2.77. The number of aromatic nitrogens is 1. The van der Waals surface area contributed by atoms with Gasteiger partial charge in [-0.15, -0.1) is 11.3 Å². The summed E-state index contributed by atoms with van der Waals surface area (Å²) >= 11 is 5.10. The first-order valence-electron chi connectivity index (χ1n) is 5.83. The number of benzene rings is 1. The molecule has 0 bridgehead atoms. The van der Waals surface area contributed by atoms with Crippen LogP contribution < -0.4 is 4.74 Å². The number of ether oxygens (including phenoxy) is 1. The van der Waals surface area contributed by atoms with Crippen molar-refractivity contribution in [3.63, 3.8) is 0 Å². The van der Waals surface area contributed by atoms with Gasteiger partial charge in [0.25, 0.3) is 0 Å². The summed E-state index contributed by atoms with van der Waals surface area (Å²) in [4.78, 5) is 5.76. The first-order valence-corrected chi connectivity index (χ1v) is 7.44. The molecule has 1 aromatic carbocycles. The molecule has 1 aromatic heterocycles. The first-order chi connectivity index (χ1) is 9.15. The lowest BCUT2D eigenvalue weighted by Crippen LogP contribution is -1.87. The zero-order valence-corrected chi connectivity index (χ0v) is 13.1. The highest BCUT2D eigenvalue weighted by Gasteiger charge is 2.13. The third-order valence-corrected chi connectivity index (χ3v) is 4.49. The summed E-state index contributed by atoms with van der Waals surface area (Å²) in [6.07, 6.45) is 1.29. The third-order valence-electron chi connectivity index (χ3n) is 2.75. The van der Waals surface area contributed by atoms with Gasteiger partial charge in [0.15, 0.2) is 0 Å².